The molecule has 0 radical (unpaired) electrons. The number of guanidine groups is 1. The van der Waals surface area contributed by atoms with Crippen molar-refractivity contribution in [2.75, 3.05) is 39.0 Å². The van der Waals surface area contributed by atoms with Crippen LogP contribution in [-0.2, 0) is 10.0 Å². The summed E-state index contributed by atoms with van der Waals surface area (Å²) < 4.78 is 30.0. The standard InChI is InChI=1S/C15H23Cl3N4O3S/c1-3-19-15(20-5-4-6-22-26(2,23)24)21-7-8-25-14-12(17)9-11(16)10-13(14)18/h9-10,22H,3-8H2,1-2H3,(H2,19,20,21). The average molecular weight is 446 g/mol. The summed E-state index contributed by atoms with van der Waals surface area (Å²) >= 11 is 18.0. The number of hydrogen-bond acceptors (Lipinski definition) is 4. The van der Waals surface area contributed by atoms with Crippen LogP contribution >= 0.6 is 34.8 Å². The molecule has 0 aromatic heterocycles. The Morgan fingerprint density at radius 2 is 1.81 bits per heavy atom. The number of benzene rings is 1. The molecule has 0 atom stereocenters. The Balaban J connectivity index is 2.40. The second kappa shape index (κ2) is 11.7. The summed E-state index contributed by atoms with van der Waals surface area (Å²) in [5.74, 6) is 0.997. The van der Waals surface area contributed by atoms with Gasteiger partial charge in [0.15, 0.2) is 11.7 Å². The number of sulfonamides is 1. The fourth-order valence-corrected chi connectivity index (χ4v) is 3.30. The molecule has 0 saturated carbocycles. The number of halogens is 3. The van der Waals surface area contributed by atoms with Gasteiger partial charge in [-0.25, -0.2) is 13.1 Å². The van der Waals surface area contributed by atoms with Gasteiger partial charge in [0.25, 0.3) is 0 Å². The van der Waals surface area contributed by atoms with E-state index in [1.807, 2.05) is 6.92 Å². The molecule has 0 heterocycles. The van der Waals surface area contributed by atoms with Crippen molar-refractivity contribution in [3.05, 3.63) is 27.2 Å². The van der Waals surface area contributed by atoms with Crippen molar-refractivity contribution in [3.8, 4) is 5.75 Å². The molecule has 1 aromatic carbocycles. The van der Waals surface area contributed by atoms with Crippen LogP contribution in [0.15, 0.2) is 17.1 Å². The summed E-state index contributed by atoms with van der Waals surface area (Å²) in [5, 5.41) is 7.34. The quantitative estimate of drug-likeness (QED) is 0.292. The Hall–Kier alpha value is -0.930. The molecular weight excluding hydrogens is 423 g/mol. The summed E-state index contributed by atoms with van der Waals surface area (Å²) in [6.07, 6.45) is 1.72. The third-order valence-electron chi connectivity index (χ3n) is 2.92. The maximum atomic E-state index is 11.0. The highest BCUT2D eigenvalue weighted by molar-refractivity contribution is 7.88. The highest BCUT2D eigenvalue weighted by Crippen LogP contribution is 2.35. The predicted octanol–water partition coefficient (Wildman–Crippen LogP) is 2.52. The first kappa shape index (κ1) is 23.1. The van der Waals surface area contributed by atoms with E-state index in [1.54, 1.807) is 12.1 Å². The number of ether oxygens (including phenoxy) is 1. The van der Waals surface area contributed by atoms with Crippen LogP contribution in [0.3, 0.4) is 0 Å². The molecule has 0 aliphatic carbocycles. The van der Waals surface area contributed by atoms with E-state index in [4.69, 9.17) is 39.5 Å². The van der Waals surface area contributed by atoms with Crippen LogP contribution in [0.1, 0.15) is 13.3 Å². The lowest BCUT2D eigenvalue weighted by molar-refractivity contribution is 0.322. The molecule has 0 aliphatic heterocycles. The molecule has 0 fully saturated rings. The lowest BCUT2D eigenvalue weighted by Crippen LogP contribution is -2.39. The van der Waals surface area contributed by atoms with Gasteiger partial charge < -0.3 is 15.4 Å². The van der Waals surface area contributed by atoms with Gasteiger partial charge in [-0.1, -0.05) is 34.8 Å². The zero-order valence-electron chi connectivity index (χ0n) is 14.6. The van der Waals surface area contributed by atoms with E-state index in [1.165, 1.54) is 0 Å². The first-order valence-electron chi connectivity index (χ1n) is 7.97. The van der Waals surface area contributed by atoms with Gasteiger partial charge in [-0.05, 0) is 25.5 Å². The van der Waals surface area contributed by atoms with Crippen molar-refractivity contribution in [3.63, 3.8) is 0 Å². The summed E-state index contributed by atoms with van der Waals surface area (Å²) in [6.45, 7) is 4.27. The van der Waals surface area contributed by atoms with E-state index in [-0.39, 0.29) is 0 Å². The van der Waals surface area contributed by atoms with E-state index in [0.29, 0.717) is 66.0 Å². The van der Waals surface area contributed by atoms with Crippen molar-refractivity contribution in [1.29, 1.82) is 0 Å². The van der Waals surface area contributed by atoms with Crippen molar-refractivity contribution in [2.24, 2.45) is 4.99 Å². The van der Waals surface area contributed by atoms with Crippen LogP contribution in [-0.4, -0.2) is 53.4 Å². The monoisotopic (exact) mass is 444 g/mol. The van der Waals surface area contributed by atoms with Crippen LogP contribution in [0.2, 0.25) is 15.1 Å². The number of aliphatic imine (C=N–C) groups is 1. The van der Waals surface area contributed by atoms with Gasteiger partial charge in [0.2, 0.25) is 10.0 Å². The third-order valence-corrected chi connectivity index (χ3v) is 4.43. The van der Waals surface area contributed by atoms with Crippen LogP contribution in [0.4, 0.5) is 0 Å². The summed E-state index contributed by atoms with van der Waals surface area (Å²) in [6, 6.07) is 3.13. The van der Waals surface area contributed by atoms with Gasteiger partial charge in [-0.2, -0.15) is 0 Å². The van der Waals surface area contributed by atoms with Gasteiger partial charge >= 0.3 is 0 Å². The lowest BCUT2D eigenvalue weighted by Gasteiger charge is -2.13. The van der Waals surface area contributed by atoms with Gasteiger partial charge in [0, 0.05) is 24.7 Å². The average Bonchev–Trinajstić information content (AvgIpc) is 2.51. The first-order chi connectivity index (χ1) is 12.2. The second-order valence-corrected chi connectivity index (χ2v) is 8.34. The smallest absolute Gasteiger partial charge is 0.208 e. The zero-order valence-corrected chi connectivity index (χ0v) is 17.7. The molecule has 0 spiro atoms. The minimum absolute atomic E-state index is 0.321. The maximum Gasteiger partial charge on any atom is 0.208 e. The van der Waals surface area contributed by atoms with Crippen molar-refractivity contribution < 1.29 is 13.2 Å². The van der Waals surface area contributed by atoms with E-state index in [9.17, 15) is 8.42 Å². The van der Waals surface area contributed by atoms with Gasteiger partial charge in [0.1, 0.15) is 6.61 Å². The minimum atomic E-state index is -3.16. The van der Waals surface area contributed by atoms with Gasteiger partial charge in [-0.3, -0.25) is 4.99 Å². The molecule has 11 heteroatoms. The second-order valence-electron chi connectivity index (χ2n) is 5.25. The van der Waals surface area contributed by atoms with Crippen LogP contribution in [0.5, 0.6) is 5.75 Å². The SMILES string of the molecule is CCNC(=NCCCNS(C)(=O)=O)NCCOc1c(Cl)cc(Cl)cc1Cl. The molecule has 0 unspecified atom stereocenters. The zero-order chi connectivity index (χ0) is 19.6. The fraction of sp³-hybridized carbons (Fsp3) is 0.533. The van der Waals surface area contributed by atoms with Crippen molar-refractivity contribution >= 4 is 50.8 Å². The molecule has 3 N–H and O–H groups in total. The molecule has 0 saturated heterocycles. The molecule has 26 heavy (non-hydrogen) atoms. The molecular formula is C15H23Cl3N4O3S. The van der Waals surface area contributed by atoms with Gasteiger partial charge in [-0.15, -0.1) is 0 Å². The number of rotatable bonds is 10. The molecule has 0 amide bonds. The Morgan fingerprint density at radius 1 is 1.15 bits per heavy atom. The minimum Gasteiger partial charge on any atom is -0.489 e. The van der Waals surface area contributed by atoms with Gasteiger partial charge in [0.05, 0.1) is 22.8 Å². The number of hydrogen-bond donors (Lipinski definition) is 3. The summed E-state index contributed by atoms with van der Waals surface area (Å²) in [7, 11) is -3.16. The molecule has 1 rings (SSSR count). The van der Waals surface area contributed by atoms with Crippen molar-refractivity contribution in [2.45, 2.75) is 13.3 Å². The lowest BCUT2D eigenvalue weighted by atomic mass is 10.3. The summed E-state index contributed by atoms with van der Waals surface area (Å²) in [5.41, 5.74) is 0. The fourth-order valence-electron chi connectivity index (χ4n) is 1.86. The van der Waals surface area contributed by atoms with E-state index >= 15 is 0 Å². The Bertz CT molecular complexity index is 691. The Kier molecular flexibility index (Phi) is 10.4. The van der Waals surface area contributed by atoms with Crippen LogP contribution < -0.4 is 20.1 Å². The molecule has 0 aliphatic rings. The number of nitrogens with zero attached hydrogens (tertiary/aromatic N) is 1. The molecule has 148 valence electrons. The van der Waals surface area contributed by atoms with E-state index < -0.39 is 10.0 Å². The predicted molar refractivity (Wildman–Crippen MR) is 108 cm³/mol. The summed E-state index contributed by atoms with van der Waals surface area (Å²) in [4.78, 5) is 4.36. The molecule has 7 nitrogen and oxygen atoms in total. The largest absolute Gasteiger partial charge is 0.489 e. The Labute approximate surface area is 169 Å². The maximum absolute atomic E-state index is 11.0. The topological polar surface area (TPSA) is 91.8 Å². The normalized spacial score (nSPS) is 12.1. The first-order valence-corrected chi connectivity index (χ1v) is 11.0. The van der Waals surface area contributed by atoms with Crippen LogP contribution in [0, 0.1) is 0 Å². The van der Waals surface area contributed by atoms with E-state index in [0.717, 1.165) is 6.26 Å². The van der Waals surface area contributed by atoms with E-state index in [2.05, 4.69) is 20.3 Å². The Morgan fingerprint density at radius 3 is 2.38 bits per heavy atom. The highest BCUT2D eigenvalue weighted by Gasteiger charge is 2.09. The number of nitrogens with one attached hydrogen (secondary N) is 3. The van der Waals surface area contributed by atoms with Crippen molar-refractivity contribution in [1.82, 2.24) is 15.4 Å². The molecule has 1 aromatic rings. The third kappa shape index (κ3) is 9.68. The highest BCUT2D eigenvalue weighted by atomic mass is 35.5. The molecule has 0 bridgehead atoms. The van der Waals surface area contributed by atoms with Crippen LogP contribution in [0.25, 0.3) is 0 Å².